The van der Waals surface area contributed by atoms with Crippen LogP contribution in [-0.2, 0) is 6.42 Å². The lowest BCUT2D eigenvalue weighted by Crippen LogP contribution is -2.21. The Morgan fingerprint density at radius 2 is 1.78 bits per heavy atom. The second kappa shape index (κ2) is 9.12. The molecule has 0 atom stereocenters. The van der Waals surface area contributed by atoms with Gasteiger partial charge in [0.15, 0.2) is 0 Å². The van der Waals surface area contributed by atoms with Gasteiger partial charge < -0.3 is 5.73 Å². The normalized spacial score (nSPS) is 16.6. The molecular formula is C23H29Cl2NO. The van der Waals surface area contributed by atoms with Gasteiger partial charge in [0.1, 0.15) is 0 Å². The fourth-order valence-corrected chi connectivity index (χ4v) is 4.16. The van der Waals surface area contributed by atoms with E-state index in [4.69, 9.17) is 17.3 Å². The minimum absolute atomic E-state index is 0. The van der Waals surface area contributed by atoms with E-state index in [2.05, 4.69) is 26.0 Å². The van der Waals surface area contributed by atoms with Crippen molar-refractivity contribution in [2.45, 2.75) is 52.4 Å². The number of carbonyl (C=O) groups is 1. The molecule has 4 heteroatoms. The summed E-state index contributed by atoms with van der Waals surface area (Å²) >= 11 is 6.55. The van der Waals surface area contributed by atoms with E-state index in [9.17, 15) is 4.79 Å². The molecule has 146 valence electrons. The first-order valence-electron chi connectivity index (χ1n) is 9.53. The summed E-state index contributed by atoms with van der Waals surface area (Å²) in [6, 6.07) is 13.6. The molecule has 1 aliphatic carbocycles. The average Bonchev–Trinajstić information content (AvgIpc) is 2.61. The van der Waals surface area contributed by atoms with Crippen molar-refractivity contribution in [1.82, 2.24) is 0 Å². The van der Waals surface area contributed by atoms with E-state index in [1.807, 2.05) is 24.3 Å². The van der Waals surface area contributed by atoms with Gasteiger partial charge in [-0.2, -0.15) is 0 Å². The van der Waals surface area contributed by atoms with Crippen molar-refractivity contribution in [2.24, 2.45) is 17.1 Å². The number of rotatable bonds is 5. The Labute approximate surface area is 173 Å². The largest absolute Gasteiger partial charge is 0.366 e. The highest BCUT2D eigenvalue weighted by Gasteiger charge is 2.26. The zero-order valence-corrected chi connectivity index (χ0v) is 17.7. The van der Waals surface area contributed by atoms with Crippen LogP contribution < -0.4 is 5.73 Å². The number of hydrogen-bond acceptors (Lipinski definition) is 1. The third kappa shape index (κ3) is 5.73. The van der Waals surface area contributed by atoms with E-state index < -0.39 is 5.91 Å². The highest BCUT2D eigenvalue weighted by molar-refractivity contribution is 6.31. The SMILES string of the molecule is CC1(C)CCC(CCc2ccc(-c3cccc(C(N)=O)c3)cc2Cl)CC1.Cl. The maximum Gasteiger partial charge on any atom is 0.248 e. The second-order valence-electron chi connectivity index (χ2n) is 8.40. The lowest BCUT2D eigenvalue weighted by Gasteiger charge is -2.34. The summed E-state index contributed by atoms with van der Waals surface area (Å²) in [6.07, 6.45) is 7.59. The van der Waals surface area contributed by atoms with E-state index in [1.165, 1.54) is 37.7 Å². The molecule has 0 unspecified atom stereocenters. The third-order valence-electron chi connectivity index (χ3n) is 5.81. The smallest absolute Gasteiger partial charge is 0.248 e. The highest BCUT2D eigenvalue weighted by atomic mass is 35.5. The van der Waals surface area contributed by atoms with E-state index >= 15 is 0 Å². The Bertz CT molecular complexity index is 791. The van der Waals surface area contributed by atoms with Crippen molar-refractivity contribution in [2.75, 3.05) is 0 Å². The van der Waals surface area contributed by atoms with Gasteiger partial charge in [-0.3, -0.25) is 4.79 Å². The zero-order valence-electron chi connectivity index (χ0n) is 16.1. The number of primary amides is 1. The molecule has 0 saturated heterocycles. The van der Waals surface area contributed by atoms with Crippen molar-refractivity contribution in [3.63, 3.8) is 0 Å². The summed E-state index contributed by atoms with van der Waals surface area (Å²) in [5.41, 5.74) is 9.61. The Kier molecular flexibility index (Phi) is 7.36. The number of benzene rings is 2. The number of nitrogens with two attached hydrogens (primary N) is 1. The topological polar surface area (TPSA) is 43.1 Å². The van der Waals surface area contributed by atoms with Gasteiger partial charge in [0.2, 0.25) is 5.91 Å². The van der Waals surface area contributed by atoms with E-state index in [0.717, 1.165) is 28.5 Å². The Hall–Kier alpha value is -1.51. The van der Waals surface area contributed by atoms with Gasteiger partial charge in [-0.15, -0.1) is 12.4 Å². The Morgan fingerprint density at radius 3 is 2.41 bits per heavy atom. The summed E-state index contributed by atoms with van der Waals surface area (Å²) in [7, 11) is 0. The summed E-state index contributed by atoms with van der Waals surface area (Å²) in [5.74, 6) is 0.413. The van der Waals surface area contributed by atoms with Crippen LogP contribution in [0.25, 0.3) is 11.1 Å². The maximum absolute atomic E-state index is 11.4. The molecule has 3 rings (SSSR count). The van der Waals surface area contributed by atoms with Gasteiger partial charge in [0.25, 0.3) is 0 Å². The standard InChI is InChI=1S/C23H28ClNO.ClH/c1-23(2)12-10-16(11-13-23)6-7-17-8-9-19(15-21(17)24)18-4-3-5-20(14-18)22(25)26;/h3-5,8-9,14-16H,6-7,10-13H2,1-2H3,(H2,25,26);1H. The molecule has 0 bridgehead atoms. The third-order valence-corrected chi connectivity index (χ3v) is 6.17. The minimum atomic E-state index is -0.412. The fraction of sp³-hybridized carbons (Fsp3) is 0.435. The molecule has 2 aromatic carbocycles. The lowest BCUT2D eigenvalue weighted by atomic mass is 9.72. The summed E-state index contributed by atoms with van der Waals surface area (Å²) in [4.78, 5) is 11.4. The first-order valence-corrected chi connectivity index (χ1v) is 9.90. The Balaban J connectivity index is 0.00000261. The fourth-order valence-electron chi connectivity index (χ4n) is 3.89. The van der Waals surface area contributed by atoms with Gasteiger partial charge in [0.05, 0.1) is 0 Å². The van der Waals surface area contributed by atoms with Crippen molar-refractivity contribution >= 4 is 29.9 Å². The van der Waals surface area contributed by atoms with Crippen LogP contribution in [0, 0.1) is 11.3 Å². The number of aryl methyl sites for hydroxylation is 1. The predicted octanol–water partition coefficient (Wildman–Crippen LogP) is 6.68. The van der Waals surface area contributed by atoms with E-state index in [0.29, 0.717) is 11.0 Å². The summed E-state index contributed by atoms with van der Waals surface area (Å²) in [6.45, 7) is 4.76. The van der Waals surface area contributed by atoms with Crippen molar-refractivity contribution in [3.8, 4) is 11.1 Å². The van der Waals surface area contributed by atoms with Crippen LogP contribution in [0.15, 0.2) is 42.5 Å². The predicted molar refractivity (Wildman–Crippen MR) is 117 cm³/mol. The highest BCUT2D eigenvalue weighted by Crippen LogP contribution is 2.40. The van der Waals surface area contributed by atoms with Gasteiger partial charge >= 0.3 is 0 Å². The first kappa shape index (κ1) is 21.8. The van der Waals surface area contributed by atoms with Crippen LogP contribution in [0.4, 0.5) is 0 Å². The molecule has 2 N–H and O–H groups in total. The first-order chi connectivity index (χ1) is 12.3. The molecule has 27 heavy (non-hydrogen) atoms. The van der Waals surface area contributed by atoms with Crippen LogP contribution in [0.3, 0.4) is 0 Å². The van der Waals surface area contributed by atoms with Crippen molar-refractivity contribution in [1.29, 1.82) is 0 Å². The van der Waals surface area contributed by atoms with Crippen molar-refractivity contribution < 1.29 is 4.79 Å². The van der Waals surface area contributed by atoms with Gasteiger partial charge in [-0.25, -0.2) is 0 Å². The number of hydrogen-bond donors (Lipinski definition) is 1. The molecule has 2 aromatic rings. The molecule has 0 heterocycles. The molecular weight excluding hydrogens is 377 g/mol. The molecule has 1 saturated carbocycles. The summed E-state index contributed by atoms with van der Waals surface area (Å²) < 4.78 is 0. The molecule has 1 amide bonds. The molecule has 0 radical (unpaired) electrons. The van der Waals surface area contributed by atoms with Crippen LogP contribution >= 0.6 is 24.0 Å². The Morgan fingerprint density at radius 1 is 1.11 bits per heavy atom. The number of halogens is 2. The van der Waals surface area contributed by atoms with Crippen LogP contribution in [0.1, 0.15) is 61.9 Å². The van der Waals surface area contributed by atoms with Crippen molar-refractivity contribution in [3.05, 3.63) is 58.6 Å². The van der Waals surface area contributed by atoms with Crippen LogP contribution in [0.2, 0.25) is 5.02 Å². The summed E-state index contributed by atoms with van der Waals surface area (Å²) in [5, 5.41) is 0.808. The van der Waals surface area contributed by atoms with Gasteiger partial charge in [0, 0.05) is 10.6 Å². The second-order valence-corrected chi connectivity index (χ2v) is 8.80. The monoisotopic (exact) mass is 405 g/mol. The minimum Gasteiger partial charge on any atom is -0.366 e. The zero-order chi connectivity index (χ0) is 18.7. The number of amides is 1. The number of carbonyl (C=O) groups excluding carboxylic acids is 1. The molecule has 0 spiro atoms. The quantitative estimate of drug-likeness (QED) is 0.592. The molecule has 0 aromatic heterocycles. The van der Waals surface area contributed by atoms with E-state index in [-0.39, 0.29) is 12.4 Å². The van der Waals surface area contributed by atoms with Gasteiger partial charge in [-0.05, 0) is 84.7 Å². The van der Waals surface area contributed by atoms with E-state index in [1.54, 1.807) is 6.07 Å². The van der Waals surface area contributed by atoms with Crippen LogP contribution in [-0.4, -0.2) is 5.91 Å². The molecule has 1 aliphatic rings. The van der Waals surface area contributed by atoms with Crippen LogP contribution in [0.5, 0.6) is 0 Å². The maximum atomic E-state index is 11.4. The van der Waals surface area contributed by atoms with Gasteiger partial charge in [-0.1, -0.05) is 49.7 Å². The molecule has 1 fully saturated rings. The molecule has 2 nitrogen and oxygen atoms in total. The average molecular weight is 406 g/mol. The molecule has 0 aliphatic heterocycles. The lowest BCUT2D eigenvalue weighted by molar-refractivity contribution is 0.100.